The molecule has 0 atom stereocenters. The molecule has 0 amide bonds. The average Bonchev–Trinajstić information content (AvgIpc) is 2.61. The molecular weight excluding hydrogens is 292 g/mol. The molecule has 3 aromatic carbocycles. The lowest BCUT2D eigenvalue weighted by Gasteiger charge is -2.23. The maximum absolute atomic E-state index is 5.29. The minimum absolute atomic E-state index is 0.0322. The molecule has 1 radical (unpaired) electrons. The summed E-state index contributed by atoms with van der Waals surface area (Å²) in [6.07, 6.45) is 0. The first kappa shape index (κ1) is 16.3. The van der Waals surface area contributed by atoms with Gasteiger partial charge in [-0.1, -0.05) is 63.2 Å². The normalized spacial score (nSPS) is 11.3. The monoisotopic (exact) mass is 315 g/mol. The van der Waals surface area contributed by atoms with Gasteiger partial charge in [-0.3, -0.25) is 0 Å². The largest absolute Gasteiger partial charge is 0.497 e. The molecule has 1 nitrogen and oxygen atoms in total. The van der Waals surface area contributed by atoms with E-state index >= 15 is 0 Å². The summed E-state index contributed by atoms with van der Waals surface area (Å²) in [7, 11) is 1.69. The molecule has 0 aliphatic rings. The number of hydrogen-bond donors (Lipinski definition) is 0. The van der Waals surface area contributed by atoms with Crippen molar-refractivity contribution in [1.29, 1.82) is 0 Å². The van der Waals surface area contributed by atoms with Crippen LogP contribution >= 0.6 is 0 Å². The summed E-state index contributed by atoms with van der Waals surface area (Å²) in [5.41, 5.74) is 6.08. The zero-order chi connectivity index (χ0) is 17.2. The van der Waals surface area contributed by atoms with E-state index in [9.17, 15) is 0 Å². The first-order valence-electron chi connectivity index (χ1n) is 8.25. The van der Waals surface area contributed by atoms with Crippen molar-refractivity contribution in [3.63, 3.8) is 0 Å². The summed E-state index contributed by atoms with van der Waals surface area (Å²) in [5, 5.41) is 0. The van der Waals surface area contributed by atoms with Gasteiger partial charge in [0, 0.05) is 0 Å². The average molecular weight is 315 g/mol. The van der Waals surface area contributed by atoms with Crippen LogP contribution in [0.4, 0.5) is 0 Å². The number of benzene rings is 3. The maximum atomic E-state index is 5.29. The second-order valence-corrected chi connectivity index (χ2v) is 7.02. The molecule has 0 saturated heterocycles. The van der Waals surface area contributed by atoms with Gasteiger partial charge in [0.15, 0.2) is 0 Å². The molecule has 0 heterocycles. The number of methoxy groups -OCH3 is 1. The Hall–Kier alpha value is -2.54. The molecule has 121 valence electrons. The van der Waals surface area contributed by atoms with E-state index in [4.69, 9.17) is 4.74 Å². The van der Waals surface area contributed by atoms with E-state index in [1.165, 1.54) is 27.8 Å². The van der Waals surface area contributed by atoms with E-state index in [1.807, 2.05) is 18.2 Å². The number of ether oxygens (including phenoxy) is 1. The summed E-state index contributed by atoms with van der Waals surface area (Å²) >= 11 is 0. The van der Waals surface area contributed by atoms with Crippen molar-refractivity contribution < 1.29 is 4.74 Å². The van der Waals surface area contributed by atoms with Gasteiger partial charge >= 0.3 is 0 Å². The van der Waals surface area contributed by atoms with Crippen LogP contribution in [0, 0.1) is 6.07 Å². The highest BCUT2D eigenvalue weighted by atomic mass is 16.5. The minimum Gasteiger partial charge on any atom is -0.497 e. The van der Waals surface area contributed by atoms with E-state index in [2.05, 4.69) is 75.4 Å². The SMILES string of the molecule is COc1ccc(-c2cc(-c3ccccc3)c[c]c2C(C)(C)C)cc1. The first-order chi connectivity index (χ1) is 11.5. The molecule has 0 aromatic heterocycles. The van der Waals surface area contributed by atoms with Gasteiger partial charge in [0.05, 0.1) is 7.11 Å². The molecule has 3 rings (SSSR count). The minimum atomic E-state index is 0.0322. The predicted octanol–water partition coefficient (Wildman–Crippen LogP) is 6.13. The molecular formula is C23H23O. The van der Waals surface area contributed by atoms with Crippen LogP contribution in [-0.2, 0) is 5.41 Å². The van der Waals surface area contributed by atoms with Crippen LogP contribution in [-0.4, -0.2) is 7.11 Å². The van der Waals surface area contributed by atoms with Gasteiger partial charge in [-0.25, -0.2) is 0 Å². The Morgan fingerprint density at radius 2 is 1.46 bits per heavy atom. The van der Waals surface area contributed by atoms with E-state index in [1.54, 1.807) is 7.11 Å². The molecule has 1 heteroatoms. The maximum Gasteiger partial charge on any atom is 0.118 e. The van der Waals surface area contributed by atoms with Crippen molar-refractivity contribution in [3.8, 4) is 28.0 Å². The molecule has 0 fully saturated rings. The van der Waals surface area contributed by atoms with Gasteiger partial charge in [-0.2, -0.15) is 0 Å². The third-order valence-electron chi connectivity index (χ3n) is 4.20. The Kier molecular flexibility index (Phi) is 4.44. The van der Waals surface area contributed by atoms with Gasteiger partial charge in [-0.05, 0) is 63.6 Å². The van der Waals surface area contributed by atoms with Gasteiger partial charge in [0.2, 0.25) is 0 Å². The lowest BCUT2D eigenvalue weighted by atomic mass is 9.80. The smallest absolute Gasteiger partial charge is 0.118 e. The molecule has 0 aliphatic carbocycles. The lowest BCUT2D eigenvalue weighted by Crippen LogP contribution is -2.13. The molecule has 3 aromatic rings. The summed E-state index contributed by atoms with van der Waals surface area (Å²) in [6.45, 7) is 6.69. The van der Waals surface area contributed by atoms with Crippen LogP contribution < -0.4 is 4.74 Å². The third-order valence-corrected chi connectivity index (χ3v) is 4.20. The van der Waals surface area contributed by atoms with Crippen molar-refractivity contribution in [2.45, 2.75) is 26.2 Å². The Balaban J connectivity index is 2.16. The Morgan fingerprint density at radius 1 is 0.792 bits per heavy atom. The van der Waals surface area contributed by atoms with Gasteiger partial charge in [0.25, 0.3) is 0 Å². The second kappa shape index (κ2) is 6.52. The van der Waals surface area contributed by atoms with Crippen LogP contribution in [0.25, 0.3) is 22.3 Å². The van der Waals surface area contributed by atoms with Crippen LogP contribution in [0.2, 0.25) is 0 Å². The molecule has 0 spiro atoms. The summed E-state index contributed by atoms with van der Waals surface area (Å²) in [4.78, 5) is 0. The van der Waals surface area contributed by atoms with Crippen LogP contribution in [0.5, 0.6) is 5.75 Å². The highest BCUT2D eigenvalue weighted by Gasteiger charge is 2.19. The third kappa shape index (κ3) is 3.35. The zero-order valence-corrected chi connectivity index (χ0v) is 14.8. The summed E-state index contributed by atoms with van der Waals surface area (Å²) < 4.78 is 5.29. The van der Waals surface area contributed by atoms with Gasteiger partial charge in [0.1, 0.15) is 5.75 Å². The predicted molar refractivity (Wildman–Crippen MR) is 101 cm³/mol. The fraction of sp³-hybridized carbons (Fsp3) is 0.217. The van der Waals surface area contributed by atoms with E-state index in [0.29, 0.717) is 0 Å². The Bertz CT molecular complexity index is 809. The summed E-state index contributed by atoms with van der Waals surface area (Å²) in [5.74, 6) is 0.874. The molecule has 0 unspecified atom stereocenters. The van der Waals surface area contributed by atoms with Crippen molar-refractivity contribution in [2.24, 2.45) is 0 Å². The number of hydrogen-bond acceptors (Lipinski definition) is 1. The quantitative estimate of drug-likeness (QED) is 0.565. The van der Waals surface area contributed by atoms with E-state index in [-0.39, 0.29) is 5.41 Å². The van der Waals surface area contributed by atoms with E-state index in [0.717, 1.165) is 5.75 Å². The topological polar surface area (TPSA) is 9.23 Å². The van der Waals surface area contributed by atoms with Crippen LogP contribution in [0.3, 0.4) is 0 Å². The standard InChI is InChI=1S/C23H23O/c1-23(2,3)22-15-12-19(17-8-6-5-7-9-17)16-21(22)18-10-13-20(24-4)14-11-18/h5-14,16H,1-4H3. The highest BCUT2D eigenvalue weighted by molar-refractivity contribution is 5.76. The van der Waals surface area contributed by atoms with Crippen molar-refractivity contribution in [2.75, 3.05) is 7.11 Å². The van der Waals surface area contributed by atoms with Gasteiger partial charge < -0.3 is 4.74 Å². The van der Waals surface area contributed by atoms with Gasteiger partial charge in [-0.15, -0.1) is 0 Å². The van der Waals surface area contributed by atoms with Crippen molar-refractivity contribution >= 4 is 0 Å². The molecule has 0 aliphatic heterocycles. The molecule has 0 bridgehead atoms. The van der Waals surface area contributed by atoms with E-state index < -0.39 is 0 Å². The second-order valence-electron chi connectivity index (χ2n) is 7.02. The summed E-state index contributed by atoms with van der Waals surface area (Å²) in [6, 6.07) is 26.6. The molecule has 0 N–H and O–H groups in total. The van der Waals surface area contributed by atoms with Crippen molar-refractivity contribution in [1.82, 2.24) is 0 Å². The Labute approximate surface area is 144 Å². The molecule has 0 saturated carbocycles. The highest BCUT2D eigenvalue weighted by Crippen LogP contribution is 2.36. The number of rotatable bonds is 3. The Morgan fingerprint density at radius 3 is 2.04 bits per heavy atom. The lowest BCUT2D eigenvalue weighted by molar-refractivity contribution is 0.415. The fourth-order valence-electron chi connectivity index (χ4n) is 2.91. The fourth-order valence-corrected chi connectivity index (χ4v) is 2.91. The first-order valence-corrected chi connectivity index (χ1v) is 8.25. The van der Waals surface area contributed by atoms with Crippen LogP contribution in [0.1, 0.15) is 26.3 Å². The molecule has 24 heavy (non-hydrogen) atoms. The van der Waals surface area contributed by atoms with Crippen LogP contribution in [0.15, 0.2) is 66.7 Å². The zero-order valence-electron chi connectivity index (χ0n) is 14.8. The van der Waals surface area contributed by atoms with Crippen molar-refractivity contribution in [3.05, 3.63) is 78.4 Å².